The topological polar surface area (TPSA) is 56.7 Å². The minimum absolute atomic E-state index is 0.730. The molecular formula is C21H18N4. The van der Waals surface area contributed by atoms with Crippen molar-refractivity contribution in [2.24, 2.45) is 0 Å². The molecular weight excluding hydrogens is 308 g/mol. The number of hydrogen-bond donors (Lipinski definition) is 1. The van der Waals surface area contributed by atoms with E-state index in [1.807, 2.05) is 42.5 Å². The maximum atomic E-state index is 5.82. The van der Waals surface area contributed by atoms with Gasteiger partial charge in [0, 0.05) is 22.5 Å². The van der Waals surface area contributed by atoms with Crippen molar-refractivity contribution in [3.8, 4) is 28.5 Å². The van der Waals surface area contributed by atoms with E-state index in [1.165, 1.54) is 5.56 Å². The van der Waals surface area contributed by atoms with E-state index < -0.39 is 0 Å². The van der Waals surface area contributed by atoms with Gasteiger partial charge in [-0.05, 0) is 43.3 Å². The third-order valence-corrected chi connectivity index (χ3v) is 4.16. The Labute approximate surface area is 146 Å². The van der Waals surface area contributed by atoms with Crippen LogP contribution in [0.25, 0.3) is 28.5 Å². The van der Waals surface area contributed by atoms with E-state index >= 15 is 0 Å². The zero-order valence-corrected chi connectivity index (χ0v) is 13.9. The third kappa shape index (κ3) is 2.90. The van der Waals surface area contributed by atoms with Gasteiger partial charge in [0.05, 0.1) is 0 Å². The molecule has 0 radical (unpaired) electrons. The van der Waals surface area contributed by atoms with Crippen LogP contribution >= 0.6 is 0 Å². The van der Waals surface area contributed by atoms with Gasteiger partial charge in [0.1, 0.15) is 0 Å². The zero-order chi connectivity index (χ0) is 17.2. The molecule has 0 saturated carbocycles. The molecule has 3 aromatic carbocycles. The summed E-state index contributed by atoms with van der Waals surface area (Å²) in [4.78, 5) is 0. The van der Waals surface area contributed by atoms with E-state index in [4.69, 9.17) is 5.73 Å². The fourth-order valence-corrected chi connectivity index (χ4v) is 2.81. The fraction of sp³-hybridized carbons (Fsp3) is 0.0476. The molecule has 4 heteroatoms. The predicted molar refractivity (Wildman–Crippen MR) is 101 cm³/mol. The summed E-state index contributed by atoms with van der Waals surface area (Å²) >= 11 is 0. The average molecular weight is 326 g/mol. The summed E-state index contributed by atoms with van der Waals surface area (Å²) in [6.07, 6.45) is 0. The molecule has 0 aliphatic rings. The monoisotopic (exact) mass is 326 g/mol. The lowest BCUT2D eigenvalue weighted by Crippen LogP contribution is -2.00. The number of anilines is 1. The van der Waals surface area contributed by atoms with Gasteiger partial charge in [0.2, 0.25) is 0 Å². The molecule has 0 spiro atoms. The first-order chi connectivity index (χ1) is 12.2. The Kier molecular flexibility index (Phi) is 3.78. The van der Waals surface area contributed by atoms with Crippen LogP contribution in [0, 0.1) is 6.92 Å². The summed E-state index contributed by atoms with van der Waals surface area (Å²) in [7, 11) is 0. The van der Waals surface area contributed by atoms with Crippen LogP contribution in [0.1, 0.15) is 5.56 Å². The number of nitrogen functional groups attached to an aromatic ring is 1. The maximum absolute atomic E-state index is 5.82. The van der Waals surface area contributed by atoms with E-state index in [-0.39, 0.29) is 0 Å². The molecule has 122 valence electrons. The van der Waals surface area contributed by atoms with E-state index in [9.17, 15) is 0 Å². The fourth-order valence-electron chi connectivity index (χ4n) is 2.81. The molecule has 4 aromatic rings. The Morgan fingerprint density at radius 1 is 0.680 bits per heavy atom. The molecule has 4 nitrogen and oxygen atoms in total. The average Bonchev–Trinajstić information content (AvgIpc) is 3.09. The first-order valence-corrected chi connectivity index (χ1v) is 8.16. The highest BCUT2D eigenvalue weighted by Crippen LogP contribution is 2.28. The Morgan fingerprint density at radius 3 is 1.76 bits per heavy atom. The SMILES string of the molecule is Cc1ccc(-c2nnc(-c3ccc(N)cc3)n2-c2ccccc2)cc1. The number of nitrogens with two attached hydrogens (primary N) is 1. The highest BCUT2D eigenvalue weighted by atomic mass is 15.3. The minimum Gasteiger partial charge on any atom is -0.399 e. The largest absolute Gasteiger partial charge is 0.399 e. The zero-order valence-electron chi connectivity index (χ0n) is 13.9. The predicted octanol–water partition coefficient (Wildman–Crippen LogP) is 4.49. The Balaban J connectivity index is 1.94. The Bertz CT molecular complexity index is 922. The van der Waals surface area contributed by atoms with E-state index in [1.54, 1.807) is 0 Å². The van der Waals surface area contributed by atoms with Crippen LogP contribution in [0.3, 0.4) is 0 Å². The van der Waals surface area contributed by atoms with Gasteiger partial charge in [-0.15, -0.1) is 10.2 Å². The van der Waals surface area contributed by atoms with E-state index in [0.29, 0.717) is 0 Å². The maximum Gasteiger partial charge on any atom is 0.168 e. The first kappa shape index (κ1) is 15.1. The van der Waals surface area contributed by atoms with Crippen molar-refractivity contribution >= 4 is 5.69 Å². The van der Waals surface area contributed by atoms with Crippen LogP contribution in [0.5, 0.6) is 0 Å². The Morgan fingerprint density at radius 2 is 1.20 bits per heavy atom. The summed E-state index contributed by atoms with van der Waals surface area (Å²) in [6, 6.07) is 26.2. The lowest BCUT2D eigenvalue weighted by atomic mass is 10.1. The van der Waals surface area contributed by atoms with Crippen LogP contribution in [-0.4, -0.2) is 14.8 Å². The third-order valence-electron chi connectivity index (χ3n) is 4.16. The molecule has 0 bridgehead atoms. The van der Waals surface area contributed by atoms with Crippen LogP contribution in [-0.2, 0) is 0 Å². The second-order valence-corrected chi connectivity index (χ2v) is 6.01. The van der Waals surface area contributed by atoms with Gasteiger partial charge in [-0.3, -0.25) is 4.57 Å². The van der Waals surface area contributed by atoms with Gasteiger partial charge in [0.15, 0.2) is 11.6 Å². The second kappa shape index (κ2) is 6.24. The van der Waals surface area contributed by atoms with Crippen molar-refractivity contribution in [3.63, 3.8) is 0 Å². The van der Waals surface area contributed by atoms with Crippen LogP contribution in [0.15, 0.2) is 78.9 Å². The molecule has 25 heavy (non-hydrogen) atoms. The van der Waals surface area contributed by atoms with Crippen molar-refractivity contribution < 1.29 is 0 Å². The van der Waals surface area contributed by atoms with Crippen LogP contribution in [0.2, 0.25) is 0 Å². The van der Waals surface area contributed by atoms with Crippen molar-refractivity contribution in [1.82, 2.24) is 14.8 Å². The molecule has 2 N–H and O–H groups in total. The number of aromatic nitrogens is 3. The van der Waals surface area contributed by atoms with Crippen molar-refractivity contribution in [1.29, 1.82) is 0 Å². The summed E-state index contributed by atoms with van der Waals surface area (Å²) in [5, 5.41) is 8.94. The number of para-hydroxylation sites is 1. The van der Waals surface area contributed by atoms with Crippen molar-refractivity contribution in [3.05, 3.63) is 84.4 Å². The highest BCUT2D eigenvalue weighted by molar-refractivity contribution is 5.67. The van der Waals surface area contributed by atoms with Gasteiger partial charge in [-0.25, -0.2) is 0 Å². The van der Waals surface area contributed by atoms with Crippen LogP contribution in [0.4, 0.5) is 5.69 Å². The van der Waals surface area contributed by atoms with Crippen LogP contribution < -0.4 is 5.73 Å². The Hall–Kier alpha value is -3.40. The smallest absolute Gasteiger partial charge is 0.168 e. The van der Waals surface area contributed by atoms with Crippen molar-refractivity contribution in [2.75, 3.05) is 5.73 Å². The minimum atomic E-state index is 0.730. The lowest BCUT2D eigenvalue weighted by molar-refractivity contribution is 1.07. The number of rotatable bonds is 3. The van der Waals surface area contributed by atoms with E-state index in [0.717, 1.165) is 34.2 Å². The molecule has 1 aromatic heterocycles. The van der Waals surface area contributed by atoms with E-state index in [2.05, 4.69) is 58.1 Å². The highest BCUT2D eigenvalue weighted by Gasteiger charge is 2.16. The summed E-state index contributed by atoms with van der Waals surface area (Å²) in [6.45, 7) is 2.07. The summed E-state index contributed by atoms with van der Waals surface area (Å²) in [5.74, 6) is 1.61. The molecule has 4 rings (SSSR count). The molecule has 0 aliphatic heterocycles. The quantitative estimate of drug-likeness (QED) is 0.564. The number of benzene rings is 3. The van der Waals surface area contributed by atoms with Gasteiger partial charge >= 0.3 is 0 Å². The summed E-state index contributed by atoms with van der Waals surface area (Å²) in [5.41, 5.74) is 10.8. The lowest BCUT2D eigenvalue weighted by Gasteiger charge is -2.11. The number of hydrogen-bond acceptors (Lipinski definition) is 3. The molecule has 0 unspecified atom stereocenters. The van der Waals surface area contributed by atoms with Gasteiger partial charge in [0.25, 0.3) is 0 Å². The second-order valence-electron chi connectivity index (χ2n) is 6.01. The molecule has 0 aliphatic carbocycles. The number of nitrogens with zero attached hydrogens (tertiary/aromatic N) is 3. The molecule has 1 heterocycles. The molecule has 0 amide bonds. The van der Waals surface area contributed by atoms with Gasteiger partial charge in [-0.2, -0.15) is 0 Å². The van der Waals surface area contributed by atoms with Crippen molar-refractivity contribution in [2.45, 2.75) is 6.92 Å². The van der Waals surface area contributed by atoms with Gasteiger partial charge < -0.3 is 5.73 Å². The normalized spacial score (nSPS) is 10.8. The summed E-state index contributed by atoms with van der Waals surface area (Å²) < 4.78 is 2.08. The first-order valence-electron chi connectivity index (χ1n) is 8.16. The molecule has 0 saturated heterocycles. The van der Waals surface area contributed by atoms with Gasteiger partial charge in [-0.1, -0.05) is 48.0 Å². The molecule has 0 fully saturated rings. The number of aryl methyl sites for hydroxylation is 1. The molecule has 0 atom stereocenters. The standard InChI is InChI=1S/C21H18N4/c1-15-7-9-16(10-8-15)20-23-24-21(17-11-13-18(22)14-12-17)25(20)19-5-3-2-4-6-19/h2-14H,22H2,1H3.